The van der Waals surface area contributed by atoms with Gasteiger partial charge in [-0.05, 0) is 59.6 Å². The van der Waals surface area contributed by atoms with Gasteiger partial charge in [0, 0.05) is 32.9 Å². The van der Waals surface area contributed by atoms with E-state index in [1.807, 2.05) is 42.5 Å². The van der Waals surface area contributed by atoms with Gasteiger partial charge in [-0.3, -0.25) is 0 Å². The van der Waals surface area contributed by atoms with E-state index < -0.39 is 65.5 Å². The van der Waals surface area contributed by atoms with Crippen LogP contribution in [0.1, 0.15) is 17.8 Å². The number of hydrogen-bond acceptors (Lipinski definition) is 0. The first-order valence-corrected chi connectivity index (χ1v) is 12.0. The van der Waals surface area contributed by atoms with Gasteiger partial charge in [-0.15, -0.1) is 0 Å². The zero-order valence-electron chi connectivity index (χ0n) is 32.7. The van der Waals surface area contributed by atoms with E-state index in [0.29, 0.717) is 49.3 Å². The van der Waals surface area contributed by atoms with Crippen molar-refractivity contribution in [2.45, 2.75) is 0 Å². The highest BCUT2D eigenvalue weighted by atomic mass is 15.0. The Hall–Kier alpha value is -5.08. The van der Waals surface area contributed by atoms with Gasteiger partial charge < -0.3 is 9.13 Å². The maximum Gasteiger partial charge on any atom is 0.0645 e. The number of rotatable bonds is 3. The molecule has 0 aliphatic rings. The third kappa shape index (κ3) is 3.07. The van der Waals surface area contributed by atoms with Gasteiger partial charge in [0.1, 0.15) is 0 Å². The van der Waals surface area contributed by atoms with Crippen molar-refractivity contribution in [3.8, 4) is 22.5 Å². The van der Waals surface area contributed by atoms with Crippen molar-refractivity contribution in [1.82, 2.24) is 9.13 Å². The van der Waals surface area contributed by atoms with E-state index in [1.165, 1.54) is 0 Å². The molecule has 2 nitrogen and oxygen atoms in total. The van der Waals surface area contributed by atoms with E-state index in [0.717, 1.165) is 0 Å². The summed E-state index contributed by atoms with van der Waals surface area (Å²) in [6.45, 7) is 0. The topological polar surface area (TPSA) is 9.86 Å². The van der Waals surface area contributed by atoms with Crippen molar-refractivity contribution in [3.05, 3.63) is 145 Å². The van der Waals surface area contributed by atoms with Crippen molar-refractivity contribution < 1.29 is 17.8 Å². The highest BCUT2D eigenvalue weighted by molar-refractivity contribution is 6.12. The summed E-state index contributed by atoms with van der Waals surface area (Å²) in [5.41, 5.74) is 1.76. The predicted molar refractivity (Wildman–Crippen MR) is 161 cm³/mol. The summed E-state index contributed by atoms with van der Waals surface area (Å²) in [5.74, 6) is 0. The van der Waals surface area contributed by atoms with Crippen LogP contribution >= 0.6 is 0 Å². The zero-order valence-corrected chi connectivity index (χ0v) is 19.7. The minimum Gasteiger partial charge on any atom is -0.309 e. The summed E-state index contributed by atoms with van der Waals surface area (Å²) < 4.78 is 115. The highest BCUT2D eigenvalue weighted by Gasteiger charge is 2.16. The van der Waals surface area contributed by atoms with Crippen LogP contribution in [0.3, 0.4) is 0 Å². The monoisotopic (exact) mass is 497 g/mol. The van der Waals surface area contributed by atoms with Gasteiger partial charge in [-0.2, -0.15) is 0 Å². The Morgan fingerprint density at radius 3 is 1.74 bits per heavy atom. The summed E-state index contributed by atoms with van der Waals surface area (Å²) in [5, 5.41) is 2.43. The van der Waals surface area contributed by atoms with Crippen LogP contribution in [-0.4, -0.2) is 9.13 Å². The first-order valence-electron chi connectivity index (χ1n) is 18.5. The number of nitrogens with zero attached hydrogens (tertiary/aromatic N) is 2. The van der Waals surface area contributed by atoms with Crippen molar-refractivity contribution >= 4 is 43.6 Å². The molecule has 0 N–H and O–H groups in total. The Labute approximate surface area is 238 Å². The molecule has 0 aliphatic carbocycles. The fourth-order valence-electron chi connectivity index (χ4n) is 5.20. The summed E-state index contributed by atoms with van der Waals surface area (Å²) in [7, 11) is 0. The Bertz CT molecular complexity index is 2790. The van der Waals surface area contributed by atoms with Crippen LogP contribution in [0.25, 0.3) is 66.1 Å². The molecule has 0 unspecified atom stereocenters. The number of aromatic nitrogens is 2. The molecule has 2 heterocycles. The van der Waals surface area contributed by atoms with Crippen molar-refractivity contribution in [3.63, 3.8) is 0 Å². The second-order valence-electron chi connectivity index (χ2n) is 8.85. The Kier molecular flexibility index (Phi) is 2.59. The molecule has 38 heavy (non-hydrogen) atoms. The largest absolute Gasteiger partial charge is 0.309 e. The quantitative estimate of drug-likeness (QED) is 0.230. The van der Waals surface area contributed by atoms with Gasteiger partial charge in [0.25, 0.3) is 0 Å². The molecular formula is C36H24N2. The molecular weight excluding hydrogens is 460 g/mol. The summed E-state index contributed by atoms with van der Waals surface area (Å²) in [6, 6.07) is 13.6. The number of fused-ring (bicyclic) bond motifs is 6. The minimum absolute atomic E-state index is 0.0916. The first-order chi connectivity index (χ1) is 24.3. The lowest BCUT2D eigenvalue weighted by Crippen LogP contribution is -1.95. The molecule has 2 heteroatoms. The van der Waals surface area contributed by atoms with Crippen LogP contribution in [0.15, 0.2) is 145 Å². The third-order valence-electron chi connectivity index (χ3n) is 6.81. The van der Waals surface area contributed by atoms with Crippen LogP contribution in [0.2, 0.25) is 0 Å². The molecule has 0 amide bonds. The molecule has 0 saturated carbocycles. The minimum atomic E-state index is -0.649. The molecule has 0 atom stereocenters. The normalized spacial score (nSPS) is 16.5. The van der Waals surface area contributed by atoms with E-state index in [4.69, 9.17) is 17.8 Å². The fourth-order valence-corrected chi connectivity index (χ4v) is 5.20. The van der Waals surface area contributed by atoms with Crippen molar-refractivity contribution in [2.24, 2.45) is 0 Å². The first kappa shape index (κ1) is 12.0. The average molecular weight is 498 g/mol. The molecule has 0 spiro atoms. The molecule has 8 rings (SSSR count). The average Bonchev–Trinajstić information content (AvgIpc) is 3.65. The van der Waals surface area contributed by atoms with Gasteiger partial charge in [0.05, 0.1) is 39.9 Å². The lowest BCUT2D eigenvalue weighted by Gasteiger charge is -2.11. The summed E-state index contributed by atoms with van der Waals surface area (Å²) in [6.07, 6.45) is 0. The molecule has 2 aromatic heterocycles. The predicted octanol–water partition coefficient (Wildman–Crippen LogP) is 9.55. The fraction of sp³-hybridized carbons (Fsp3) is 0. The number of hydrogen-bond donors (Lipinski definition) is 0. The highest BCUT2D eigenvalue weighted by Crippen LogP contribution is 2.37. The summed E-state index contributed by atoms with van der Waals surface area (Å²) in [4.78, 5) is 0. The van der Waals surface area contributed by atoms with E-state index in [1.54, 1.807) is 33.4 Å². The molecule has 0 radical (unpaired) electrons. The van der Waals surface area contributed by atoms with Crippen LogP contribution < -0.4 is 0 Å². The second kappa shape index (κ2) is 8.22. The molecule has 0 saturated heterocycles. The van der Waals surface area contributed by atoms with Crippen molar-refractivity contribution in [1.29, 1.82) is 0 Å². The molecule has 8 aromatic rings. The number of para-hydroxylation sites is 3. The van der Waals surface area contributed by atoms with Gasteiger partial charge in [0.15, 0.2) is 0 Å². The van der Waals surface area contributed by atoms with E-state index >= 15 is 0 Å². The molecule has 178 valence electrons. The maximum atomic E-state index is 9.12. The molecule has 0 aliphatic heterocycles. The van der Waals surface area contributed by atoms with Gasteiger partial charge >= 0.3 is 0 Å². The van der Waals surface area contributed by atoms with Gasteiger partial charge in [0.2, 0.25) is 0 Å². The summed E-state index contributed by atoms with van der Waals surface area (Å²) >= 11 is 0. The van der Waals surface area contributed by atoms with Crippen LogP contribution in [0.4, 0.5) is 0 Å². The lowest BCUT2D eigenvalue weighted by atomic mass is 10.1. The Morgan fingerprint density at radius 1 is 0.395 bits per heavy atom. The van der Waals surface area contributed by atoms with Crippen LogP contribution in [0, 0.1) is 0 Å². The smallest absolute Gasteiger partial charge is 0.0645 e. The standard InChI is InChI=1S/C36H24N2/c1-2-10-25(11-3-1)26-18-20-27(21-19-26)37-35-17-9-6-14-31(35)32-24-28(22-23-36(32)37)38-33-15-7-4-12-29(33)30-13-5-8-16-34(30)38/h1-24H/i1D,2D,3D,4D,7D,10D,11D,12D,15D,18D,19D,20D,21D. The van der Waals surface area contributed by atoms with Crippen LogP contribution in [0.5, 0.6) is 0 Å². The van der Waals surface area contributed by atoms with Crippen LogP contribution in [-0.2, 0) is 0 Å². The zero-order chi connectivity index (χ0) is 36.4. The van der Waals surface area contributed by atoms with E-state index in [2.05, 4.69) is 0 Å². The van der Waals surface area contributed by atoms with Gasteiger partial charge in [-0.1, -0.05) is 96.8 Å². The Balaban J connectivity index is 1.44. The number of benzene rings is 6. The van der Waals surface area contributed by atoms with Gasteiger partial charge in [-0.25, -0.2) is 0 Å². The SMILES string of the molecule is [2H]c1c([2H])c([2H])c(-c2c([2H])c([2H])c(-n3c4ccccc4c4cc(-n5c6ccccc6c6c([2H])c([2H])c([2H])c([2H])c65)ccc43)c([2H])c2[2H])c([2H])c1[2H]. The van der Waals surface area contributed by atoms with Crippen molar-refractivity contribution in [2.75, 3.05) is 0 Å². The second-order valence-corrected chi connectivity index (χ2v) is 8.85. The van der Waals surface area contributed by atoms with E-state index in [-0.39, 0.29) is 29.9 Å². The third-order valence-corrected chi connectivity index (χ3v) is 6.81. The maximum absolute atomic E-state index is 9.12. The van der Waals surface area contributed by atoms with E-state index in [9.17, 15) is 0 Å². The lowest BCUT2D eigenvalue weighted by molar-refractivity contribution is 1.17. The molecule has 6 aromatic carbocycles. The molecule has 0 fully saturated rings. The Morgan fingerprint density at radius 2 is 0.974 bits per heavy atom. The molecule has 0 bridgehead atoms.